The van der Waals surface area contributed by atoms with E-state index in [1.807, 2.05) is 71.7 Å². The molecule has 0 unspecified atom stereocenters. The fourth-order valence-electron chi connectivity index (χ4n) is 4.35. The monoisotopic (exact) mass is 520 g/mol. The number of hydrogen-bond acceptors (Lipinski definition) is 6. The molecule has 0 radical (unpaired) electrons. The summed E-state index contributed by atoms with van der Waals surface area (Å²) in [5.41, 5.74) is 3.93. The molecule has 1 aliphatic rings. The molecule has 0 spiro atoms. The number of piperazine rings is 1. The minimum Gasteiger partial charge on any atom is -0.367 e. The summed E-state index contributed by atoms with van der Waals surface area (Å²) in [7, 11) is 0. The van der Waals surface area contributed by atoms with Crippen molar-refractivity contribution in [3.05, 3.63) is 99.7 Å². The quantitative estimate of drug-likeness (QED) is 0.313. The van der Waals surface area contributed by atoms with Gasteiger partial charge in [-0.25, -0.2) is 0 Å². The van der Waals surface area contributed by atoms with Gasteiger partial charge in [-0.15, -0.1) is 11.8 Å². The highest BCUT2D eigenvalue weighted by Gasteiger charge is 2.23. The number of rotatable bonds is 8. The van der Waals surface area contributed by atoms with E-state index in [4.69, 9.17) is 11.6 Å². The highest BCUT2D eigenvalue weighted by molar-refractivity contribution is 7.98. The van der Waals surface area contributed by atoms with Crippen molar-refractivity contribution < 1.29 is 0 Å². The van der Waals surface area contributed by atoms with Crippen molar-refractivity contribution in [2.24, 2.45) is 0 Å². The molecule has 1 aliphatic heterocycles. The summed E-state index contributed by atoms with van der Waals surface area (Å²) in [5.74, 6) is 0.680. The van der Waals surface area contributed by atoms with Crippen molar-refractivity contribution >= 4 is 29.1 Å². The van der Waals surface area contributed by atoms with Gasteiger partial charge in [0, 0.05) is 61.8 Å². The van der Waals surface area contributed by atoms with Crippen LogP contribution in [0.1, 0.15) is 18.1 Å². The van der Waals surface area contributed by atoms with Crippen LogP contribution in [0.15, 0.2) is 82.9 Å². The Hall–Kier alpha value is -3.07. The van der Waals surface area contributed by atoms with E-state index in [0.29, 0.717) is 10.8 Å². The summed E-state index contributed by atoms with van der Waals surface area (Å²) in [6, 6.07) is 17.4. The van der Waals surface area contributed by atoms with Gasteiger partial charge in [0.2, 0.25) is 0 Å². The predicted octanol–water partition coefficient (Wildman–Crippen LogP) is 4.72. The van der Waals surface area contributed by atoms with E-state index >= 15 is 0 Å². The third kappa shape index (κ3) is 5.67. The second-order valence-electron chi connectivity index (χ2n) is 8.79. The molecule has 0 atom stereocenters. The molecule has 5 rings (SSSR count). The van der Waals surface area contributed by atoms with Gasteiger partial charge in [-0.05, 0) is 36.8 Å². The smallest absolute Gasteiger partial charge is 0.287 e. The van der Waals surface area contributed by atoms with Crippen LogP contribution in [0.3, 0.4) is 0 Å². The van der Waals surface area contributed by atoms with Crippen LogP contribution in [0.25, 0.3) is 5.69 Å². The van der Waals surface area contributed by atoms with Gasteiger partial charge in [0.15, 0.2) is 0 Å². The summed E-state index contributed by atoms with van der Waals surface area (Å²) in [4.78, 5) is 19.1. The minimum absolute atomic E-state index is 0.0907. The Kier molecular flexibility index (Phi) is 7.75. The third-order valence-electron chi connectivity index (χ3n) is 6.34. The highest BCUT2D eigenvalue weighted by Crippen LogP contribution is 2.30. The fourth-order valence-corrected chi connectivity index (χ4v) is 5.51. The molecule has 2 aromatic heterocycles. The average molecular weight is 521 g/mol. The highest BCUT2D eigenvalue weighted by atomic mass is 35.5. The zero-order valence-electron chi connectivity index (χ0n) is 20.3. The normalized spacial score (nSPS) is 14.3. The average Bonchev–Trinajstić information content (AvgIpc) is 3.37. The summed E-state index contributed by atoms with van der Waals surface area (Å²) in [6.07, 6.45) is 5.92. The molecule has 186 valence electrons. The summed E-state index contributed by atoms with van der Waals surface area (Å²) >= 11 is 7.62. The number of para-hydroxylation sites is 1. The predicted molar refractivity (Wildman–Crippen MR) is 146 cm³/mol. The largest absolute Gasteiger partial charge is 0.367 e. The number of benzene rings is 2. The van der Waals surface area contributed by atoms with E-state index in [2.05, 4.69) is 33.1 Å². The second-order valence-corrected chi connectivity index (χ2v) is 10.2. The molecule has 9 heteroatoms. The van der Waals surface area contributed by atoms with Gasteiger partial charge in [0.1, 0.15) is 4.90 Å². The summed E-state index contributed by atoms with van der Waals surface area (Å²) < 4.78 is 3.46. The van der Waals surface area contributed by atoms with Crippen molar-refractivity contribution in [2.45, 2.75) is 30.7 Å². The first-order valence-electron chi connectivity index (χ1n) is 12.1. The maximum Gasteiger partial charge on any atom is 0.287 e. The van der Waals surface area contributed by atoms with Crippen LogP contribution in [-0.2, 0) is 18.8 Å². The lowest BCUT2D eigenvalue weighted by atomic mass is 10.2. The lowest BCUT2D eigenvalue weighted by Crippen LogP contribution is -2.46. The van der Waals surface area contributed by atoms with Crippen LogP contribution < -0.4 is 10.5 Å². The first-order valence-corrected chi connectivity index (χ1v) is 13.5. The third-order valence-corrected chi connectivity index (χ3v) is 7.74. The first-order chi connectivity index (χ1) is 17.6. The molecule has 0 bridgehead atoms. The molecule has 1 fully saturated rings. The Bertz CT molecular complexity index is 1350. The fraction of sp³-hybridized carbons (Fsp3) is 0.296. The van der Waals surface area contributed by atoms with Gasteiger partial charge in [0.05, 0.1) is 23.8 Å². The topological polar surface area (TPSA) is 59.2 Å². The molecule has 0 amide bonds. The number of aromatic nitrogens is 4. The number of anilines is 1. The number of thioether (sulfide) groups is 1. The van der Waals surface area contributed by atoms with Gasteiger partial charge < -0.3 is 4.90 Å². The van der Waals surface area contributed by atoms with Crippen LogP contribution >= 0.6 is 23.4 Å². The van der Waals surface area contributed by atoms with Gasteiger partial charge in [-0.3, -0.25) is 14.4 Å². The Morgan fingerprint density at radius 3 is 2.36 bits per heavy atom. The van der Waals surface area contributed by atoms with E-state index in [1.165, 1.54) is 10.2 Å². The lowest BCUT2D eigenvalue weighted by Gasteiger charge is -2.36. The maximum atomic E-state index is 13.7. The van der Waals surface area contributed by atoms with Crippen LogP contribution in [0, 0.1) is 0 Å². The standard InChI is InChI=1S/C27H29ClN6OS/c1-2-33-19-22(16-29-33)18-31-12-14-32(15-13-31)25-17-30-34(24-6-4-3-5-7-24)27(35)26(25)36-20-21-8-10-23(28)11-9-21/h3-11,16-17,19H,2,12-15,18,20H2,1H3. The van der Waals surface area contributed by atoms with E-state index < -0.39 is 0 Å². The molecule has 0 aliphatic carbocycles. The van der Waals surface area contributed by atoms with Crippen LogP contribution in [0.5, 0.6) is 0 Å². The maximum absolute atomic E-state index is 13.7. The molecule has 0 saturated carbocycles. The Morgan fingerprint density at radius 1 is 0.917 bits per heavy atom. The molecule has 36 heavy (non-hydrogen) atoms. The molecule has 3 heterocycles. The Labute approximate surface area is 220 Å². The zero-order chi connectivity index (χ0) is 24.9. The van der Waals surface area contributed by atoms with Gasteiger partial charge in [-0.2, -0.15) is 14.9 Å². The summed E-state index contributed by atoms with van der Waals surface area (Å²) in [5, 5.41) is 9.66. The van der Waals surface area contributed by atoms with E-state index in [0.717, 1.165) is 61.1 Å². The zero-order valence-corrected chi connectivity index (χ0v) is 21.8. The van der Waals surface area contributed by atoms with Crippen LogP contribution in [0.4, 0.5) is 5.69 Å². The number of aryl methyl sites for hydroxylation is 1. The van der Waals surface area contributed by atoms with Crippen LogP contribution in [-0.4, -0.2) is 50.6 Å². The SMILES string of the molecule is CCn1cc(CN2CCN(c3cnn(-c4ccccc4)c(=O)c3SCc3ccc(Cl)cc3)CC2)cn1. The lowest BCUT2D eigenvalue weighted by molar-refractivity contribution is 0.249. The number of nitrogens with zero attached hydrogens (tertiary/aromatic N) is 6. The minimum atomic E-state index is -0.0907. The second kappa shape index (κ2) is 11.3. The molecule has 1 saturated heterocycles. The van der Waals surface area contributed by atoms with Gasteiger partial charge in [0.25, 0.3) is 5.56 Å². The molecule has 4 aromatic rings. The van der Waals surface area contributed by atoms with Gasteiger partial charge in [-0.1, -0.05) is 41.9 Å². The first kappa shape index (κ1) is 24.6. The van der Waals surface area contributed by atoms with Gasteiger partial charge >= 0.3 is 0 Å². The number of halogens is 1. The Morgan fingerprint density at radius 2 is 1.67 bits per heavy atom. The molecule has 2 aromatic carbocycles. The van der Waals surface area contributed by atoms with Crippen molar-refractivity contribution in [3.8, 4) is 5.69 Å². The van der Waals surface area contributed by atoms with E-state index in [9.17, 15) is 4.79 Å². The van der Waals surface area contributed by atoms with Crippen molar-refractivity contribution in [1.29, 1.82) is 0 Å². The van der Waals surface area contributed by atoms with Crippen molar-refractivity contribution in [1.82, 2.24) is 24.5 Å². The van der Waals surface area contributed by atoms with Crippen molar-refractivity contribution in [2.75, 3.05) is 31.1 Å². The van der Waals surface area contributed by atoms with Crippen LogP contribution in [0.2, 0.25) is 5.02 Å². The Balaban J connectivity index is 1.36. The number of hydrogen-bond donors (Lipinski definition) is 0. The molecule has 7 nitrogen and oxygen atoms in total. The molecule has 0 N–H and O–H groups in total. The van der Waals surface area contributed by atoms with Crippen molar-refractivity contribution in [3.63, 3.8) is 0 Å². The van der Waals surface area contributed by atoms with E-state index in [1.54, 1.807) is 11.8 Å². The summed E-state index contributed by atoms with van der Waals surface area (Å²) in [6.45, 7) is 7.38. The van der Waals surface area contributed by atoms with E-state index in [-0.39, 0.29) is 5.56 Å². The molecular formula is C27H29ClN6OS. The molecular weight excluding hydrogens is 492 g/mol.